The van der Waals surface area contributed by atoms with E-state index >= 15 is 0 Å². The van der Waals surface area contributed by atoms with Crippen LogP contribution in [-0.2, 0) is 0 Å². The first kappa shape index (κ1) is 11.9. The normalized spacial score (nSPS) is 11.0. The lowest BCUT2D eigenvalue weighted by Gasteiger charge is -2.06. The van der Waals surface area contributed by atoms with Gasteiger partial charge in [-0.1, -0.05) is 42.5 Å². The van der Waals surface area contributed by atoms with Crippen LogP contribution in [0.15, 0.2) is 66.9 Å². The van der Waals surface area contributed by atoms with Gasteiger partial charge in [-0.25, -0.2) is 9.97 Å². The average Bonchev–Trinajstić information content (AvgIpc) is 2.54. The van der Waals surface area contributed by atoms with Crippen molar-refractivity contribution in [3.05, 3.63) is 66.9 Å². The van der Waals surface area contributed by atoms with Gasteiger partial charge in [0, 0.05) is 17.1 Å². The quantitative estimate of drug-likeness (QED) is 0.568. The topological polar surface area (TPSA) is 51.8 Å². The van der Waals surface area contributed by atoms with Crippen molar-refractivity contribution in [2.75, 3.05) is 5.73 Å². The average molecular weight is 271 g/mol. The van der Waals surface area contributed by atoms with Gasteiger partial charge in [-0.2, -0.15) is 0 Å². The number of anilines is 1. The smallest absolute Gasteiger partial charge is 0.149 e. The van der Waals surface area contributed by atoms with E-state index in [2.05, 4.69) is 40.3 Å². The third kappa shape index (κ3) is 1.99. The lowest BCUT2D eigenvalue weighted by atomic mass is 10.0. The summed E-state index contributed by atoms with van der Waals surface area (Å²) in [5.74, 6) is 0.468. The molecule has 21 heavy (non-hydrogen) atoms. The van der Waals surface area contributed by atoms with Crippen molar-refractivity contribution in [3.8, 4) is 11.3 Å². The summed E-state index contributed by atoms with van der Waals surface area (Å²) < 4.78 is 0. The summed E-state index contributed by atoms with van der Waals surface area (Å²) in [5, 5.41) is 3.44. The van der Waals surface area contributed by atoms with Crippen LogP contribution in [0.3, 0.4) is 0 Å². The fraction of sp³-hybridized carbons (Fsp3) is 0. The van der Waals surface area contributed by atoms with E-state index in [9.17, 15) is 0 Å². The lowest BCUT2D eigenvalue weighted by molar-refractivity contribution is 1.32. The van der Waals surface area contributed by atoms with Crippen LogP contribution in [0.2, 0.25) is 0 Å². The summed E-state index contributed by atoms with van der Waals surface area (Å²) in [6.07, 6.45) is 1.70. The van der Waals surface area contributed by atoms with Gasteiger partial charge in [-0.05, 0) is 29.0 Å². The number of nitrogens with zero attached hydrogens (tertiary/aromatic N) is 2. The standard InChI is InChI=1S/C18H13N3/c19-18-17-13(9-10-20-18)7-8-16(21-17)15-6-5-12-3-1-2-4-14(12)11-15/h1-11H,(H2,19,20). The van der Waals surface area contributed by atoms with Crippen molar-refractivity contribution in [1.29, 1.82) is 0 Å². The van der Waals surface area contributed by atoms with E-state index in [1.807, 2.05) is 30.3 Å². The Hall–Kier alpha value is -2.94. The molecule has 0 fully saturated rings. The second-order valence-electron chi connectivity index (χ2n) is 5.03. The molecule has 0 saturated heterocycles. The van der Waals surface area contributed by atoms with Gasteiger partial charge in [0.2, 0.25) is 0 Å². The summed E-state index contributed by atoms with van der Waals surface area (Å²) in [7, 11) is 0. The Bertz CT molecular complexity index is 961. The van der Waals surface area contributed by atoms with Crippen molar-refractivity contribution in [2.45, 2.75) is 0 Å². The molecule has 3 heteroatoms. The van der Waals surface area contributed by atoms with Crippen LogP contribution in [0, 0.1) is 0 Å². The minimum atomic E-state index is 0.468. The van der Waals surface area contributed by atoms with E-state index in [0.29, 0.717) is 5.82 Å². The molecule has 0 aliphatic carbocycles. The van der Waals surface area contributed by atoms with Gasteiger partial charge in [0.15, 0.2) is 0 Å². The van der Waals surface area contributed by atoms with Gasteiger partial charge in [0.1, 0.15) is 11.3 Å². The van der Waals surface area contributed by atoms with Crippen LogP contribution in [0.5, 0.6) is 0 Å². The Morgan fingerprint density at radius 2 is 1.57 bits per heavy atom. The molecule has 3 nitrogen and oxygen atoms in total. The first-order chi connectivity index (χ1) is 10.3. The van der Waals surface area contributed by atoms with Crippen LogP contribution in [0.4, 0.5) is 5.82 Å². The number of aromatic nitrogens is 2. The highest BCUT2D eigenvalue weighted by molar-refractivity contribution is 5.91. The Morgan fingerprint density at radius 3 is 2.48 bits per heavy atom. The van der Waals surface area contributed by atoms with E-state index < -0.39 is 0 Å². The zero-order valence-electron chi connectivity index (χ0n) is 11.3. The molecule has 2 N–H and O–H groups in total. The van der Waals surface area contributed by atoms with Gasteiger partial charge >= 0.3 is 0 Å². The van der Waals surface area contributed by atoms with E-state index in [0.717, 1.165) is 22.2 Å². The maximum atomic E-state index is 5.92. The number of benzene rings is 2. The van der Waals surface area contributed by atoms with Gasteiger partial charge in [0.25, 0.3) is 0 Å². The Morgan fingerprint density at radius 1 is 0.762 bits per heavy atom. The molecule has 0 aliphatic rings. The third-order valence-electron chi connectivity index (χ3n) is 3.68. The number of nitrogens with two attached hydrogens (primary N) is 1. The predicted molar refractivity (Wildman–Crippen MR) is 86.9 cm³/mol. The fourth-order valence-electron chi connectivity index (χ4n) is 2.58. The summed E-state index contributed by atoms with van der Waals surface area (Å²) in [4.78, 5) is 8.77. The van der Waals surface area contributed by atoms with Crippen molar-refractivity contribution >= 4 is 27.5 Å². The van der Waals surface area contributed by atoms with Crippen molar-refractivity contribution in [1.82, 2.24) is 9.97 Å². The van der Waals surface area contributed by atoms with E-state index in [4.69, 9.17) is 5.73 Å². The maximum Gasteiger partial charge on any atom is 0.149 e. The highest BCUT2D eigenvalue weighted by atomic mass is 14.9. The zero-order valence-corrected chi connectivity index (χ0v) is 11.3. The van der Waals surface area contributed by atoms with Crippen molar-refractivity contribution in [2.24, 2.45) is 0 Å². The summed E-state index contributed by atoms with van der Waals surface area (Å²) in [6, 6.07) is 20.6. The molecule has 0 saturated carbocycles. The van der Waals surface area contributed by atoms with Crippen LogP contribution in [0.1, 0.15) is 0 Å². The molecule has 100 valence electrons. The number of rotatable bonds is 1. The Balaban J connectivity index is 1.93. The Labute approximate surface area is 122 Å². The van der Waals surface area contributed by atoms with Crippen LogP contribution < -0.4 is 5.73 Å². The molecule has 2 aromatic heterocycles. The molecule has 0 spiro atoms. The summed E-state index contributed by atoms with van der Waals surface area (Å²) in [5.41, 5.74) is 8.67. The highest BCUT2D eigenvalue weighted by Crippen LogP contribution is 2.26. The molecular formula is C18H13N3. The maximum absolute atomic E-state index is 5.92. The zero-order chi connectivity index (χ0) is 14.2. The number of hydrogen-bond acceptors (Lipinski definition) is 3. The first-order valence-electron chi connectivity index (χ1n) is 6.82. The fourth-order valence-corrected chi connectivity index (χ4v) is 2.58. The molecule has 2 heterocycles. The number of fused-ring (bicyclic) bond motifs is 2. The van der Waals surface area contributed by atoms with Crippen LogP contribution in [0.25, 0.3) is 32.9 Å². The minimum absolute atomic E-state index is 0.468. The molecule has 0 atom stereocenters. The van der Waals surface area contributed by atoms with E-state index in [1.54, 1.807) is 6.20 Å². The molecule has 4 rings (SSSR count). The van der Waals surface area contributed by atoms with E-state index in [1.165, 1.54) is 10.8 Å². The molecule has 0 amide bonds. The van der Waals surface area contributed by atoms with Crippen LogP contribution in [-0.4, -0.2) is 9.97 Å². The minimum Gasteiger partial charge on any atom is -0.382 e. The summed E-state index contributed by atoms with van der Waals surface area (Å²) >= 11 is 0. The monoisotopic (exact) mass is 271 g/mol. The SMILES string of the molecule is Nc1nccc2ccc(-c3ccc4ccccc4c3)nc12. The van der Waals surface area contributed by atoms with Gasteiger partial charge in [0.05, 0.1) is 5.69 Å². The molecule has 0 unspecified atom stereocenters. The molecule has 0 bridgehead atoms. The van der Waals surface area contributed by atoms with Crippen molar-refractivity contribution in [3.63, 3.8) is 0 Å². The second kappa shape index (κ2) is 4.56. The van der Waals surface area contributed by atoms with Gasteiger partial charge in [-0.3, -0.25) is 0 Å². The number of hydrogen-bond donors (Lipinski definition) is 1. The first-order valence-corrected chi connectivity index (χ1v) is 6.82. The second-order valence-corrected chi connectivity index (χ2v) is 5.03. The predicted octanol–water partition coefficient (Wildman–Crippen LogP) is 4.03. The molecule has 2 aromatic carbocycles. The molecule has 4 aromatic rings. The van der Waals surface area contributed by atoms with Crippen LogP contribution >= 0.6 is 0 Å². The van der Waals surface area contributed by atoms with Crippen molar-refractivity contribution < 1.29 is 0 Å². The largest absolute Gasteiger partial charge is 0.382 e. The molecule has 0 radical (unpaired) electrons. The van der Waals surface area contributed by atoms with Gasteiger partial charge < -0.3 is 5.73 Å². The number of nitrogen functional groups attached to an aromatic ring is 1. The summed E-state index contributed by atoms with van der Waals surface area (Å²) in [6.45, 7) is 0. The number of pyridine rings is 2. The Kier molecular flexibility index (Phi) is 2.57. The lowest BCUT2D eigenvalue weighted by Crippen LogP contribution is -1.94. The third-order valence-corrected chi connectivity index (χ3v) is 3.68. The van der Waals surface area contributed by atoms with E-state index in [-0.39, 0.29) is 0 Å². The highest BCUT2D eigenvalue weighted by Gasteiger charge is 2.05. The molecular weight excluding hydrogens is 258 g/mol. The van der Waals surface area contributed by atoms with Gasteiger partial charge in [-0.15, -0.1) is 0 Å². The molecule has 0 aliphatic heterocycles.